The fourth-order valence-electron chi connectivity index (χ4n) is 2.24. The molecule has 0 unspecified atom stereocenters. The Morgan fingerprint density at radius 1 is 1.22 bits per heavy atom. The molecule has 1 N–H and O–H groups in total. The molecule has 2 aromatic rings. The summed E-state index contributed by atoms with van der Waals surface area (Å²) < 4.78 is 0. The van der Waals surface area contributed by atoms with Crippen LogP contribution < -0.4 is 10.2 Å². The highest BCUT2D eigenvalue weighted by atomic mass is 16.6. The van der Waals surface area contributed by atoms with E-state index in [0.717, 1.165) is 5.69 Å². The first kappa shape index (κ1) is 16.7. The fraction of sp³-hybridized carbons (Fsp3) is 0.375. The molecule has 23 heavy (non-hydrogen) atoms. The lowest BCUT2D eigenvalue weighted by Crippen LogP contribution is -2.28. The smallest absolute Gasteiger partial charge is 0.353 e. The second-order valence-electron chi connectivity index (χ2n) is 6.11. The minimum atomic E-state index is -0.436. The molecule has 2 rings (SSSR count). The quantitative estimate of drug-likeness (QED) is 0.668. The average molecular weight is 315 g/mol. The predicted octanol–water partition coefficient (Wildman–Crippen LogP) is 3.75. The molecule has 0 aliphatic heterocycles. The lowest BCUT2D eigenvalue weighted by molar-refractivity contribution is -0.383. The predicted molar refractivity (Wildman–Crippen MR) is 91.2 cm³/mol. The Bertz CT molecular complexity index is 683. The molecule has 122 valence electrons. The van der Waals surface area contributed by atoms with Gasteiger partial charge in [0.1, 0.15) is 6.33 Å². The van der Waals surface area contributed by atoms with Crippen molar-refractivity contribution in [3.8, 4) is 0 Å². The van der Waals surface area contributed by atoms with Crippen LogP contribution in [0.15, 0.2) is 36.7 Å². The standard InChI is InChI=1S/C16H21N5O2/c1-5-20(12-9-7-6-8-10-12)15-13(21(22)23)14(17-11-18-15)19-16(2,3)4/h6-11H,5H2,1-4H3,(H,17,18,19). The summed E-state index contributed by atoms with van der Waals surface area (Å²) in [5.74, 6) is 0.507. The fourth-order valence-corrected chi connectivity index (χ4v) is 2.24. The molecule has 7 nitrogen and oxygen atoms in total. The number of nitro groups is 1. The van der Waals surface area contributed by atoms with Gasteiger partial charge in [-0.1, -0.05) is 18.2 Å². The van der Waals surface area contributed by atoms with Crippen molar-refractivity contribution in [3.05, 3.63) is 46.8 Å². The van der Waals surface area contributed by atoms with E-state index >= 15 is 0 Å². The van der Waals surface area contributed by atoms with Crippen LogP contribution >= 0.6 is 0 Å². The van der Waals surface area contributed by atoms with Crippen LogP contribution in [0.25, 0.3) is 0 Å². The summed E-state index contributed by atoms with van der Waals surface area (Å²) in [5.41, 5.74) is 0.381. The van der Waals surface area contributed by atoms with E-state index in [1.165, 1.54) is 6.33 Å². The minimum absolute atomic E-state index is 0.117. The molecular weight excluding hydrogens is 294 g/mol. The molecule has 0 atom stereocenters. The van der Waals surface area contributed by atoms with E-state index in [0.29, 0.717) is 6.54 Å². The van der Waals surface area contributed by atoms with Gasteiger partial charge in [-0.3, -0.25) is 10.1 Å². The molecule has 0 fully saturated rings. The molecule has 7 heteroatoms. The third-order valence-electron chi connectivity index (χ3n) is 3.12. The molecule has 1 heterocycles. The Balaban J connectivity index is 2.57. The average Bonchev–Trinajstić information content (AvgIpc) is 2.47. The van der Waals surface area contributed by atoms with Crippen LogP contribution in [0.5, 0.6) is 0 Å². The highest BCUT2D eigenvalue weighted by molar-refractivity contribution is 5.75. The van der Waals surface area contributed by atoms with Crippen LogP contribution in [0.2, 0.25) is 0 Å². The Morgan fingerprint density at radius 3 is 2.39 bits per heavy atom. The highest BCUT2D eigenvalue weighted by Crippen LogP contribution is 2.36. The lowest BCUT2D eigenvalue weighted by Gasteiger charge is -2.24. The highest BCUT2D eigenvalue weighted by Gasteiger charge is 2.29. The molecule has 0 bridgehead atoms. The molecule has 1 aromatic heterocycles. The van der Waals surface area contributed by atoms with Gasteiger partial charge < -0.3 is 10.2 Å². The summed E-state index contributed by atoms with van der Waals surface area (Å²) in [4.78, 5) is 21.2. The number of para-hydroxylation sites is 1. The summed E-state index contributed by atoms with van der Waals surface area (Å²) in [6.07, 6.45) is 1.35. The minimum Gasteiger partial charge on any atom is -0.360 e. The largest absolute Gasteiger partial charge is 0.360 e. The molecule has 0 aliphatic rings. The summed E-state index contributed by atoms with van der Waals surface area (Å²) in [6.45, 7) is 8.25. The maximum Gasteiger partial charge on any atom is 0.353 e. The van der Waals surface area contributed by atoms with Gasteiger partial charge in [0.25, 0.3) is 0 Å². The molecule has 0 spiro atoms. The SMILES string of the molecule is CCN(c1ccccc1)c1ncnc(NC(C)(C)C)c1[N+](=O)[O-]. The van der Waals surface area contributed by atoms with Gasteiger partial charge in [-0.05, 0) is 39.8 Å². The first-order valence-corrected chi connectivity index (χ1v) is 7.43. The van der Waals surface area contributed by atoms with Crippen LogP contribution in [0.1, 0.15) is 27.7 Å². The molecular formula is C16H21N5O2. The van der Waals surface area contributed by atoms with Gasteiger partial charge in [0.2, 0.25) is 11.6 Å². The topological polar surface area (TPSA) is 84.2 Å². The van der Waals surface area contributed by atoms with Crippen molar-refractivity contribution in [3.63, 3.8) is 0 Å². The zero-order chi connectivity index (χ0) is 17.0. The van der Waals surface area contributed by atoms with E-state index in [4.69, 9.17) is 0 Å². The molecule has 0 aliphatic carbocycles. The monoisotopic (exact) mass is 315 g/mol. The van der Waals surface area contributed by atoms with Crippen molar-refractivity contribution in [1.82, 2.24) is 9.97 Å². The van der Waals surface area contributed by atoms with Gasteiger partial charge in [0.05, 0.1) is 4.92 Å². The van der Waals surface area contributed by atoms with E-state index in [9.17, 15) is 10.1 Å². The normalized spacial score (nSPS) is 11.1. The van der Waals surface area contributed by atoms with Crippen LogP contribution in [0.4, 0.5) is 23.0 Å². The zero-order valence-corrected chi connectivity index (χ0v) is 13.8. The van der Waals surface area contributed by atoms with Gasteiger partial charge in [-0.2, -0.15) is 0 Å². The molecule has 0 saturated carbocycles. The number of nitrogens with zero attached hydrogens (tertiary/aromatic N) is 4. The number of anilines is 3. The number of rotatable bonds is 5. The number of nitrogens with one attached hydrogen (secondary N) is 1. The van der Waals surface area contributed by atoms with E-state index < -0.39 is 4.92 Å². The van der Waals surface area contributed by atoms with Crippen molar-refractivity contribution in [2.24, 2.45) is 0 Å². The van der Waals surface area contributed by atoms with E-state index in [1.807, 2.05) is 58.0 Å². The summed E-state index contributed by atoms with van der Waals surface area (Å²) in [5, 5.41) is 14.7. The second-order valence-corrected chi connectivity index (χ2v) is 6.11. The van der Waals surface area contributed by atoms with Gasteiger partial charge in [-0.15, -0.1) is 0 Å². The van der Waals surface area contributed by atoms with Crippen molar-refractivity contribution in [2.75, 3.05) is 16.8 Å². The van der Waals surface area contributed by atoms with Crippen molar-refractivity contribution in [1.29, 1.82) is 0 Å². The second kappa shape index (κ2) is 6.60. The maximum atomic E-state index is 11.6. The Morgan fingerprint density at radius 2 is 1.87 bits per heavy atom. The van der Waals surface area contributed by atoms with E-state index in [2.05, 4.69) is 15.3 Å². The molecule has 0 radical (unpaired) electrons. The van der Waals surface area contributed by atoms with Crippen LogP contribution in [0.3, 0.4) is 0 Å². The van der Waals surface area contributed by atoms with Crippen molar-refractivity contribution < 1.29 is 4.92 Å². The van der Waals surface area contributed by atoms with Crippen molar-refractivity contribution in [2.45, 2.75) is 33.2 Å². The summed E-state index contributed by atoms with van der Waals surface area (Å²) in [7, 11) is 0. The lowest BCUT2D eigenvalue weighted by atomic mass is 10.1. The first-order valence-electron chi connectivity index (χ1n) is 7.43. The summed E-state index contributed by atoms with van der Waals surface area (Å²) >= 11 is 0. The Hall–Kier alpha value is -2.70. The number of hydrogen-bond acceptors (Lipinski definition) is 6. The van der Waals surface area contributed by atoms with Crippen molar-refractivity contribution >= 4 is 23.0 Å². The van der Waals surface area contributed by atoms with E-state index in [-0.39, 0.29) is 22.9 Å². The van der Waals surface area contributed by atoms with Crippen LogP contribution in [-0.4, -0.2) is 27.0 Å². The van der Waals surface area contributed by atoms with Gasteiger partial charge in [-0.25, -0.2) is 9.97 Å². The summed E-state index contributed by atoms with van der Waals surface area (Å²) in [6, 6.07) is 9.47. The first-order chi connectivity index (χ1) is 10.8. The van der Waals surface area contributed by atoms with Gasteiger partial charge in [0.15, 0.2) is 0 Å². The maximum absolute atomic E-state index is 11.6. The Labute approximate surface area is 135 Å². The number of aromatic nitrogens is 2. The third-order valence-corrected chi connectivity index (χ3v) is 3.12. The number of hydrogen-bond donors (Lipinski definition) is 1. The van der Waals surface area contributed by atoms with E-state index in [1.54, 1.807) is 4.90 Å². The van der Waals surface area contributed by atoms with Crippen LogP contribution in [0, 0.1) is 10.1 Å². The molecule has 0 amide bonds. The number of benzene rings is 1. The molecule has 1 aromatic carbocycles. The molecule has 0 saturated heterocycles. The van der Waals surface area contributed by atoms with Gasteiger partial charge in [0, 0.05) is 17.8 Å². The third kappa shape index (κ3) is 3.94. The van der Waals surface area contributed by atoms with Crippen LogP contribution in [-0.2, 0) is 0 Å². The van der Waals surface area contributed by atoms with Gasteiger partial charge >= 0.3 is 5.69 Å². The Kier molecular flexibility index (Phi) is 4.78. The zero-order valence-electron chi connectivity index (χ0n) is 13.8.